The molecule has 27 heavy (non-hydrogen) atoms. The molecule has 1 aromatic heterocycles. The summed E-state index contributed by atoms with van der Waals surface area (Å²) in [6.07, 6.45) is 0. The van der Waals surface area contributed by atoms with Gasteiger partial charge in [0, 0.05) is 16.8 Å². The largest absolute Gasteiger partial charge is 0.494 e. The molecule has 1 amide bonds. The lowest BCUT2D eigenvalue weighted by Crippen LogP contribution is -2.12. The Bertz CT molecular complexity index is 977. The van der Waals surface area contributed by atoms with Gasteiger partial charge in [0.2, 0.25) is 0 Å². The molecule has 0 unspecified atom stereocenters. The van der Waals surface area contributed by atoms with Gasteiger partial charge in [-0.1, -0.05) is 34.8 Å². The number of halogens is 3. The Labute approximate surface area is 170 Å². The summed E-state index contributed by atoms with van der Waals surface area (Å²) in [5.41, 5.74) is 1.37. The molecule has 1 heterocycles. The van der Waals surface area contributed by atoms with Crippen molar-refractivity contribution in [1.82, 2.24) is 0 Å². The number of anilines is 1. The monoisotopic (exact) mass is 425 g/mol. The van der Waals surface area contributed by atoms with Gasteiger partial charge in [0.15, 0.2) is 5.75 Å². The highest BCUT2D eigenvalue weighted by molar-refractivity contribution is 6.38. The molecule has 3 aromatic rings. The summed E-state index contributed by atoms with van der Waals surface area (Å²) >= 11 is 18.4. The van der Waals surface area contributed by atoms with Gasteiger partial charge in [0.1, 0.15) is 18.1 Å². The SMILES string of the molecule is COc1c(Cl)cc(C(=O)Nc2ccc(Cl)c(-c3ccc(CO)o3)c2)cc1Cl. The minimum atomic E-state index is -0.398. The molecule has 2 aromatic carbocycles. The van der Waals surface area contributed by atoms with E-state index in [1.807, 2.05) is 0 Å². The Morgan fingerprint density at radius 1 is 1.07 bits per heavy atom. The molecule has 140 valence electrons. The second-order valence-corrected chi connectivity index (χ2v) is 6.77. The van der Waals surface area contributed by atoms with E-state index in [0.29, 0.717) is 33.5 Å². The van der Waals surface area contributed by atoms with Crippen LogP contribution in [0.2, 0.25) is 15.1 Å². The van der Waals surface area contributed by atoms with Gasteiger partial charge >= 0.3 is 0 Å². The molecular formula is C19H14Cl3NO4. The Kier molecular flexibility index (Phi) is 5.97. The maximum absolute atomic E-state index is 12.5. The highest BCUT2D eigenvalue weighted by atomic mass is 35.5. The van der Waals surface area contributed by atoms with Crippen LogP contribution >= 0.6 is 34.8 Å². The molecule has 0 saturated heterocycles. The van der Waals surface area contributed by atoms with E-state index in [1.165, 1.54) is 19.2 Å². The number of aliphatic hydroxyl groups is 1. The van der Waals surface area contributed by atoms with E-state index in [1.54, 1.807) is 30.3 Å². The zero-order chi connectivity index (χ0) is 19.6. The zero-order valence-electron chi connectivity index (χ0n) is 14.1. The average molecular weight is 427 g/mol. The van der Waals surface area contributed by atoms with Gasteiger partial charge in [-0.05, 0) is 42.5 Å². The molecule has 0 saturated carbocycles. The predicted octanol–water partition coefficient (Wildman–Crippen LogP) is 5.66. The van der Waals surface area contributed by atoms with Crippen LogP contribution in [0.25, 0.3) is 11.3 Å². The van der Waals surface area contributed by atoms with Crippen LogP contribution in [-0.4, -0.2) is 18.1 Å². The Morgan fingerprint density at radius 2 is 1.78 bits per heavy atom. The van der Waals surface area contributed by atoms with Crippen LogP contribution in [0.4, 0.5) is 5.69 Å². The van der Waals surface area contributed by atoms with Crippen molar-refractivity contribution in [3.63, 3.8) is 0 Å². The van der Waals surface area contributed by atoms with Crippen molar-refractivity contribution < 1.29 is 19.1 Å². The van der Waals surface area contributed by atoms with Gasteiger partial charge in [0.25, 0.3) is 5.91 Å². The quantitative estimate of drug-likeness (QED) is 0.552. The van der Waals surface area contributed by atoms with Crippen LogP contribution in [0, 0.1) is 0 Å². The fourth-order valence-electron chi connectivity index (χ4n) is 2.49. The molecule has 0 bridgehead atoms. The van der Waals surface area contributed by atoms with Crippen LogP contribution in [0.1, 0.15) is 16.1 Å². The van der Waals surface area contributed by atoms with Crippen LogP contribution < -0.4 is 10.1 Å². The summed E-state index contributed by atoms with van der Waals surface area (Å²) in [6.45, 7) is -0.215. The normalized spacial score (nSPS) is 10.7. The number of methoxy groups -OCH3 is 1. The zero-order valence-corrected chi connectivity index (χ0v) is 16.3. The maximum atomic E-state index is 12.5. The molecule has 2 N–H and O–H groups in total. The molecule has 5 nitrogen and oxygen atoms in total. The first-order chi connectivity index (χ1) is 12.9. The molecule has 0 spiro atoms. The van der Waals surface area contributed by atoms with Gasteiger partial charge in [-0.15, -0.1) is 0 Å². The maximum Gasteiger partial charge on any atom is 0.255 e. The molecule has 0 radical (unpaired) electrons. The summed E-state index contributed by atoms with van der Waals surface area (Å²) in [5, 5.41) is 12.8. The molecule has 0 aliphatic carbocycles. The first-order valence-electron chi connectivity index (χ1n) is 7.76. The second-order valence-electron chi connectivity index (χ2n) is 5.55. The third kappa shape index (κ3) is 4.22. The topological polar surface area (TPSA) is 71.7 Å². The number of aliphatic hydroxyl groups excluding tert-OH is 1. The van der Waals surface area contributed by atoms with Crippen molar-refractivity contribution in [2.75, 3.05) is 12.4 Å². The number of ether oxygens (including phenoxy) is 1. The Morgan fingerprint density at radius 3 is 2.37 bits per heavy atom. The van der Waals surface area contributed by atoms with Crippen LogP contribution in [0.3, 0.4) is 0 Å². The first kappa shape index (κ1) is 19.6. The summed E-state index contributed by atoms with van der Waals surface area (Å²) in [7, 11) is 1.44. The van der Waals surface area contributed by atoms with Gasteiger partial charge < -0.3 is 19.6 Å². The fourth-order valence-corrected chi connectivity index (χ4v) is 3.34. The lowest BCUT2D eigenvalue weighted by Gasteiger charge is -2.11. The molecule has 0 fully saturated rings. The standard InChI is InChI=1S/C19H14Cl3NO4/c1-26-18-15(21)6-10(7-16(18)22)19(25)23-11-2-4-14(20)13(8-11)17-5-3-12(9-24)27-17/h2-8,24H,9H2,1H3,(H,23,25). The third-order valence-corrected chi connectivity index (χ3v) is 4.66. The van der Waals surface area contributed by atoms with E-state index in [-0.39, 0.29) is 22.2 Å². The van der Waals surface area contributed by atoms with Gasteiger partial charge in [-0.2, -0.15) is 0 Å². The van der Waals surface area contributed by atoms with Crippen molar-refractivity contribution in [2.24, 2.45) is 0 Å². The van der Waals surface area contributed by atoms with Crippen molar-refractivity contribution in [3.8, 4) is 17.1 Å². The van der Waals surface area contributed by atoms with E-state index >= 15 is 0 Å². The number of carbonyl (C=O) groups is 1. The lowest BCUT2D eigenvalue weighted by atomic mass is 10.1. The van der Waals surface area contributed by atoms with Crippen molar-refractivity contribution >= 4 is 46.4 Å². The van der Waals surface area contributed by atoms with E-state index in [4.69, 9.17) is 49.1 Å². The number of rotatable bonds is 5. The van der Waals surface area contributed by atoms with E-state index < -0.39 is 5.91 Å². The number of benzene rings is 2. The van der Waals surface area contributed by atoms with E-state index in [9.17, 15) is 4.79 Å². The summed E-state index contributed by atoms with van der Waals surface area (Å²) in [5.74, 6) is 0.806. The molecule has 8 heteroatoms. The number of carbonyl (C=O) groups excluding carboxylic acids is 1. The van der Waals surface area contributed by atoms with Crippen LogP contribution in [0.15, 0.2) is 46.9 Å². The number of hydrogen-bond acceptors (Lipinski definition) is 4. The number of nitrogens with one attached hydrogen (secondary N) is 1. The van der Waals surface area contributed by atoms with Crippen molar-refractivity contribution in [1.29, 1.82) is 0 Å². The molecule has 0 aliphatic rings. The highest BCUT2D eigenvalue weighted by Gasteiger charge is 2.15. The van der Waals surface area contributed by atoms with Gasteiger partial charge in [0.05, 0.1) is 22.2 Å². The minimum Gasteiger partial charge on any atom is -0.494 e. The molecule has 0 atom stereocenters. The Balaban J connectivity index is 1.88. The average Bonchev–Trinajstić information content (AvgIpc) is 3.12. The van der Waals surface area contributed by atoms with Gasteiger partial charge in [-0.3, -0.25) is 4.79 Å². The number of furan rings is 1. The number of amides is 1. The molecular weight excluding hydrogens is 413 g/mol. The second kappa shape index (κ2) is 8.23. The van der Waals surface area contributed by atoms with Crippen LogP contribution in [0.5, 0.6) is 5.75 Å². The summed E-state index contributed by atoms with van der Waals surface area (Å²) in [4.78, 5) is 12.5. The van der Waals surface area contributed by atoms with Crippen LogP contribution in [-0.2, 0) is 6.61 Å². The lowest BCUT2D eigenvalue weighted by molar-refractivity contribution is 0.102. The number of hydrogen-bond donors (Lipinski definition) is 2. The van der Waals surface area contributed by atoms with Crippen molar-refractivity contribution in [3.05, 3.63) is 68.9 Å². The van der Waals surface area contributed by atoms with Gasteiger partial charge in [-0.25, -0.2) is 0 Å². The minimum absolute atomic E-state index is 0.215. The summed E-state index contributed by atoms with van der Waals surface area (Å²) in [6, 6.07) is 11.3. The van der Waals surface area contributed by atoms with E-state index in [2.05, 4.69) is 5.32 Å². The molecule has 3 rings (SSSR count). The van der Waals surface area contributed by atoms with Crippen molar-refractivity contribution in [2.45, 2.75) is 6.61 Å². The highest BCUT2D eigenvalue weighted by Crippen LogP contribution is 2.35. The first-order valence-corrected chi connectivity index (χ1v) is 8.90. The van der Waals surface area contributed by atoms with E-state index in [0.717, 1.165) is 0 Å². The fraction of sp³-hybridized carbons (Fsp3) is 0.105. The summed E-state index contributed by atoms with van der Waals surface area (Å²) < 4.78 is 10.6. The smallest absolute Gasteiger partial charge is 0.255 e. The third-order valence-electron chi connectivity index (χ3n) is 3.77. The molecule has 0 aliphatic heterocycles. The Hall–Kier alpha value is -2.18. The predicted molar refractivity (Wildman–Crippen MR) is 106 cm³/mol.